The normalized spacial score (nSPS) is 10.2. The minimum atomic E-state index is 1.09. The zero-order valence-electron chi connectivity index (χ0n) is 11.4. The first-order valence-electron chi connectivity index (χ1n) is 7.03. The first-order valence-corrected chi connectivity index (χ1v) is 7.03. The van der Waals surface area contributed by atoms with Crippen molar-refractivity contribution < 1.29 is 0 Å². The number of pyridine rings is 1. The molecule has 18 heavy (non-hydrogen) atoms. The lowest BCUT2D eigenvalue weighted by Gasteiger charge is -2.04. The van der Waals surface area contributed by atoms with Crippen LogP contribution in [-0.2, 0) is 12.8 Å². The van der Waals surface area contributed by atoms with Gasteiger partial charge in [-0.1, -0.05) is 18.2 Å². The monoisotopic (exact) mass is 243 g/mol. The van der Waals surface area contributed by atoms with Crippen LogP contribution < -0.4 is 0 Å². The predicted molar refractivity (Wildman–Crippen MR) is 79.7 cm³/mol. The summed E-state index contributed by atoms with van der Waals surface area (Å²) in [5.41, 5.74) is 2.47. The molecule has 0 aromatic carbocycles. The molecule has 0 aliphatic carbocycles. The van der Waals surface area contributed by atoms with E-state index in [-0.39, 0.29) is 0 Å². The summed E-state index contributed by atoms with van der Waals surface area (Å²) in [5.74, 6) is 0. The fraction of sp³-hybridized carbons (Fsp3) is 0.471. The van der Waals surface area contributed by atoms with E-state index < -0.39 is 0 Å². The van der Waals surface area contributed by atoms with Gasteiger partial charge < -0.3 is 0 Å². The van der Waals surface area contributed by atoms with Crippen molar-refractivity contribution in [1.29, 1.82) is 0 Å². The average Bonchev–Trinajstić information content (AvgIpc) is 2.40. The predicted octanol–water partition coefficient (Wildman–Crippen LogP) is 4.88. The number of unbranched alkanes of at least 4 members (excludes halogenated alkanes) is 4. The van der Waals surface area contributed by atoms with Crippen molar-refractivity contribution in [2.24, 2.45) is 0 Å². The highest BCUT2D eigenvalue weighted by atomic mass is 14.7. The van der Waals surface area contributed by atoms with Crippen LogP contribution >= 0.6 is 0 Å². The quantitative estimate of drug-likeness (QED) is 0.421. The highest BCUT2D eigenvalue weighted by Crippen LogP contribution is 2.09. The molecule has 0 radical (unpaired) electrons. The summed E-state index contributed by atoms with van der Waals surface area (Å²) in [7, 11) is 0. The Kier molecular flexibility index (Phi) is 7.87. The van der Waals surface area contributed by atoms with E-state index in [9.17, 15) is 0 Å². The maximum atomic E-state index is 4.72. The third-order valence-electron chi connectivity index (χ3n) is 3.05. The van der Waals surface area contributed by atoms with Crippen LogP contribution in [0.15, 0.2) is 43.5 Å². The van der Waals surface area contributed by atoms with Crippen molar-refractivity contribution in [2.45, 2.75) is 51.4 Å². The molecule has 0 aliphatic heterocycles. The molecule has 0 amide bonds. The second-order valence-corrected chi connectivity index (χ2v) is 4.69. The SMILES string of the molecule is C=CCCCCc1cccc(CCCCC=C)n1. The van der Waals surface area contributed by atoms with Crippen molar-refractivity contribution in [2.75, 3.05) is 0 Å². The molecule has 0 saturated heterocycles. The van der Waals surface area contributed by atoms with Crippen LogP contribution in [0.3, 0.4) is 0 Å². The van der Waals surface area contributed by atoms with Gasteiger partial charge in [0.1, 0.15) is 0 Å². The number of allylic oxidation sites excluding steroid dienone is 2. The van der Waals surface area contributed by atoms with E-state index in [1.165, 1.54) is 37.1 Å². The van der Waals surface area contributed by atoms with E-state index in [4.69, 9.17) is 4.98 Å². The van der Waals surface area contributed by atoms with Gasteiger partial charge in [0, 0.05) is 11.4 Å². The van der Waals surface area contributed by atoms with Crippen molar-refractivity contribution in [3.8, 4) is 0 Å². The van der Waals surface area contributed by atoms with Crippen LogP contribution in [-0.4, -0.2) is 4.98 Å². The second kappa shape index (κ2) is 9.64. The number of hydrogen-bond acceptors (Lipinski definition) is 1. The summed E-state index contributed by atoms with van der Waals surface area (Å²) < 4.78 is 0. The Morgan fingerprint density at radius 2 is 1.33 bits per heavy atom. The largest absolute Gasteiger partial charge is 0.258 e. The molecule has 0 N–H and O–H groups in total. The zero-order valence-corrected chi connectivity index (χ0v) is 11.4. The summed E-state index contributed by atoms with van der Waals surface area (Å²) in [6.45, 7) is 7.49. The maximum Gasteiger partial charge on any atom is 0.0406 e. The van der Waals surface area contributed by atoms with Crippen LogP contribution in [0.2, 0.25) is 0 Å². The number of nitrogens with zero attached hydrogens (tertiary/aromatic N) is 1. The Morgan fingerprint density at radius 1 is 0.833 bits per heavy atom. The van der Waals surface area contributed by atoms with Gasteiger partial charge in [-0.3, -0.25) is 4.98 Å². The smallest absolute Gasteiger partial charge is 0.0406 e. The highest BCUT2D eigenvalue weighted by Gasteiger charge is 1.98. The fourth-order valence-electron chi connectivity index (χ4n) is 2.00. The molecule has 1 heterocycles. The molecule has 0 aliphatic rings. The molecule has 0 spiro atoms. The Morgan fingerprint density at radius 3 is 1.78 bits per heavy atom. The van der Waals surface area contributed by atoms with E-state index in [1.807, 2.05) is 12.2 Å². The van der Waals surface area contributed by atoms with Crippen LogP contribution in [0, 0.1) is 0 Å². The lowest BCUT2D eigenvalue weighted by atomic mass is 10.1. The maximum absolute atomic E-state index is 4.72. The average molecular weight is 243 g/mol. The van der Waals surface area contributed by atoms with Crippen LogP contribution in [0.1, 0.15) is 49.9 Å². The Balaban J connectivity index is 2.31. The topological polar surface area (TPSA) is 12.9 Å². The number of rotatable bonds is 10. The van der Waals surface area contributed by atoms with Crippen LogP contribution in [0.5, 0.6) is 0 Å². The van der Waals surface area contributed by atoms with Crippen molar-refractivity contribution in [3.05, 3.63) is 54.9 Å². The summed E-state index contributed by atoms with van der Waals surface area (Å²) in [5, 5.41) is 0. The minimum absolute atomic E-state index is 1.09. The molecule has 1 aromatic heterocycles. The van der Waals surface area contributed by atoms with Gasteiger partial charge in [0.15, 0.2) is 0 Å². The van der Waals surface area contributed by atoms with Gasteiger partial charge in [-0.2, -0.15) is 0 Å². The summed E-state index contributed by atoms with van der Waals surface area (Å²) in [6.07, 6.45) is 13.2. The van der Waals surface area contributed by atoms with E-state index in [2.05, 4.69) is 31.4 Å². The summed E-state index contributed by atoms with van der Waals surface area (Å²) >= 11 is 0. The van der Waals surface area contributed by atoms with Crippen molar-refractivity contribution in [1.82, 2.24) is 4.98 Å². The van der Waals surface area contributed by atoms with Gasteiger partial charge in [0.2, 0.25) is 0 Å². The van der Waals surface area contributed by atoms with Gasteiger partial charge in [0.05, 0.1) is 0 Å². The molecule has 98 valence electrons. The number of hydrogen-bond donors (Lipinski definition) is 0. The lowest BCUT2D eigenvalue weighted by Crippen LogP contribution is -1.96. The van der Waals surface area contributed by atoms with E-state index in [0.717, 1.165) is 25.7 Å². The second-order valence-electron chi connectivity index (χ2n) is 4.69. The van der Waals surface area contributed by atoms with Gasteiger partial charge in [-0.05, 0) is 63.5 Å². The molecule has 1 rings (SSSR count). The van der Waals surface area contributed by atoms with E-state index >= 15 is 0 Å². The zero-order chi connectivity index (χ0) is 13.1. The van der Waals surface area contributed by atoms with Crippen LogP contribution in [0.4, 0.5) is 0 Å². The summed E-state index contributed by atoms with van der Waals surface area (Å²) in [4.78, 5) is 4.72. The Bertz CT molecular complexity index is 323. The first kappa shape index (κ1) is 14.7. The Labute approximate surface area is 112 Å². The molecule has 0 saturated carbocycles. The van der Waals surface area contributed by atoms with Crippen LogP contribution in [0.25, 0.3) is 0 Å². The molecule has 0 unspecified atom stereocenters. The van der Waals surface area contributed by atoms with Crippen molar-refractivity contribution in [3.63, 3.8) is 0 Å². The lowest BCUT2D eigenvalue weighted by molar-refractivity contribution is 0.711. The van der Waals surface area contributed by atoms with Gasteiger partial charge >= 0.3 is 0 Å². The molecule has 1 heteroatoms. The summed E-state index contributed by atoms with van der Waals surface area (Å²) in [6, 6.07) is 6.42. The molecule has 1 nitrogen and oxygen atoms in total. The number of aromatic nitrogens is 1. The third kappa shape index (κ3) is 6.39. The highest BCUT2D eigenvalue weighted by molar-refractivity contribution is 5.11. The Hall–Kier alpha value is -1.37. The van der Waals surface area contributed by atoms with Gasteiger partial charge in [0.25, 0.3) is 0 Å². The van der Waals surface area contributed by atoms with E-state index in [1.54, 1.807) is 0 Å². The third-order valence-corrected chi connectivity index (χ3v) is 3.05. The molecular formula is C17H25N. The van der Waals surface area contributed by atoms with Crippen molar-refractivity contribution >= 4 is 0 Å². The molecule has 0 fully saturated rings. The number of aryl methyl sites for hydroxylation is 2. The molecule has 1 aromatic rings. The molecular weight excluding hydrogens is 218 g/mol. The first-order chi connectivity index (χ1) is 8.86. The van der Waals surface area contributed by atoms with Gasteiger partial charge in [-0.25, -0.2) is 0 Å². The van der Waals surface area contributed by atoms with Gasteiger partial charge in [-0.15, -0.1) is 13.2 Å². The minimum Gasteiger partial charge on any atom is -0.258 e. The molecule has 0 atom stereocenters. The molecule has 0 bridgehead atoms. The van der Waals surface area contributed by atoms with E-state index in [0.29, 0.717) is 0 Å². The standard InChI is InChI=1S/C17H25N/c1-3-5-7-9-12-16-14-11-15-17(18-16)13-10-8-6-4-2/h3-4,11,14-15H,1-2,5-10,12-13H2. The fourth-order valence-corrected chi connectivity index (χ4v) is 2.00.